The second-order valence-corrected chi connectivity index (χ2v) is 28.3. The van der Waals surface area contributed by atoms with Crippen LogP contribution in [0.4, 0.5) is 0 Å². The first kappa shape index (κ1) is 86.1. The van der Waals surface area contributed by atoms with Crippen molar-refractivity contribution in [3.8, 4) is 0 Å². The van der Waals surface area contributed by atoms with Crippen LogP contribution in [0.2, 0.25) is 0 Å². The number of aliphatic hydroxyl groups excluding tert-OH is 1. The van der Waals surface area contributed by atoms with Crippen molar-refractivity contribution in [2.24, 2.45) is 5.92 Å². The number of phosphoric ester groups is 2. The van der Waals surface area contributed by atoms with Crippen LogP contribution in [0.1, 0.15) is 356 Å². The maximum absolute atomic E-state index is 13.0. The van der Waals surface area contributed by atoms with E-state index in [9.17, 15) is 43.2 Å². The second-order valence-electron chi connectivity index (χ2n) is 25.4. The van der Waals surface area contributed by atoms with Crippen LogP contribution >= 0.6 is 15.6 Å². The summed E-state index contributed by atoms with van der Waals surface area (Å²) in [5, 5.41) is 10.6. The van der Waals surface area contributed by atoms with Gasteiger partial charge in [0.15, 0.2) is 12.2 Å². The summed E-state index contributed by atoms with van der Waals surface area (Å²) in [6.45, 7) is 7.14. The first-order valence-corrected chi connectivity index (χ1v) is 39.1. The van der Waals surface area contributed by atoms with Crippen LogP contribution in [-0.4, -0.2) is 96.7 Å². The molecule has 0 fully saturated rings. The fraction of sp³-hybridized carbons (Fsp3) is 0.942. The fourth-order valence-corrected chi connectivity index (χ4v) is 12.0. The van der Waals surface area contributed by atoms with Crippen LogP contribution < -0.4 is 0 Å². The van der Waals surface area contributed by atoms with Crippen molar-refractivity contribution in [2.75, 3.05) is 39.6 Å². The van der Waals surface area contributed by atoms with E-state index < -0.39 is 97.5 Å². The third kappa shape index (κ3) is 62.8. The quantitative estimate of drug-likeness (QED) is 0.0222. The highest BCUT2D eigenvalue weighted by atomic mass is 31.2. The van der Waals surface area contributed by atoms with E-state index in [1.807, 2.05) is 0 Å². The molecule has 0 aromatic rings. The van der Waals surface area contributed by atoms with Gasteiger partial charge in [-0.1, -0.05) is 304 Å². The Bertz CT molecular complexity index is 1700. The van der Waals surface area contributed by atoms with Crippen LogP contribution in [0, 0.1) is 5.92 Å². The lowest BCUT2D eigenvalue weighted by molar-refractivity contribution is -0.161. The summed E-state index contributed by atoms with van der Waals surface area (Å²) in [6.07, 6.45) is 48.7. The number of carbonyl (C=O) groups excluding carboxylic acids is 4. The molecule has 0 aromatic carbocycles. The third-order valence-electron chi connectivity index (χ3n) is 16.0. The minimum absolute atomic E-state index is 0.102. The Balaban J connectivity index is 5.21. The first-order chi connectivity index (χ1) is 42.5. The lowest BCUT2D eigenvalue weighted by Gasteiger charge is -2.21. The van der Waals surface area contributed by atoms with Crippen molar-refractivity contribution < 1.29 is 80.2 Å². The molecule has 0 aliphatic heterocycles. The molecule has 0 aliphatic carbocycles. The molecule has 0 bridgehead atoms. The number of phosphoric acid groups is 2. The predicted molar refractivity (Wildman–Crippen MR) is 354 cm³/mol. The lowest BCUT2D eigenvalue weighted by atomic mass is 10.0. The molecule has 5 atom stereocenters. The number of hydrogen-bond donors (Lipinski definition) is 3. The molecule has 19 heteroatoms. The van der Waals surface area contributed by atoms with Crippen LogP contribution in [0.5, 0.6) is 0 Å². The maximum atomic E-state index is 13.0. The highest BCUT2D eigenvalue weighted by Crippen LogP contribution is 2.45. The van der Waals surface area contributed by atoms with Crippen molar-refractivity contribution in [1.82, 2.24) is 0 Å². The fourth-order valence-electron chi connectivity index (χ4n) is 10.5. The van der Waals surface area contributed by atoms with Crippen molar-refractivity contribution in [1.29, 1.82) is 0 Å². The Kier molecular flexibility index (Phi) is 61.1. The van der Waals surface area contributed by atoms with Crippen LogP contribution in [0.15, 0.2) is 0 Å². The van der Waals surface area contributed by atoms with Crippen molar-refractivity contribution >= 4 is 39.5 Å². The van der Waals surface area contributed by atoms with Gasteiger partial charge in [-0.05, 0) is 31.6 Å². The molecule has 0 spiro atoms. The molecule has 522 valence electrons. The molecule has 17 nitrogen and oxygen atoms in total. The monoisotopic (exact) mass is 1300 g/mol. The minimum Gasteiger partial charge on any atom is -0.462 e. The number of aliphatic hydroxyl groups is 1. The van der Waals surface area contributed by atoms with E-state index >= 15 is 0 Å². The molecule has 0 saturated carbocycles. The van der Waals surface area contributed by atoms with Crippen LogP contribution in [-0.2, 0) is 65.4 Å². The van der Waals surface area contributed by atoms with E-state index in [4.69, 9.17) is 37.0 Å². The molecule has 2 unspecified atom stereocenters. The summed E-state index contributed by atoms with van der Waals surface area (Å²) in [4.78, 5) is 72.4. The van der Waals surface area contributed by atoms with Gasteiger partial charge in [0, 0.05) is 25.7 Å². The Morgan fingerprint density at radius 2 is 0.523 bits per heavy atom. The number of hydrogen-bond acceptors (Lipinski definition) is 15. The summed E-state index contributed by atoms with van der Waals surface area (Å²) in [5.41, 5.74) is 0. The number of esters is 4. The largest absolute Gasteiger partial charge is 0.472 e. The van der Waals surface area contributed by atoms with Crippen LogP contribution in [0.3, 0.4) is 0 Å². The molecule has 0 saturated heterocycles. The summed E-state index contributed by atoms with van der Waals surface area (Å²) in [6, 6.07) is 0. The van der Waals surface area contributed by atoms with Gasteiger partial charge in [0.1, 0.15) is 19.3 Å². The van der Waals surface area contributed by atoms with Gasteiger partial charge in [0.05, 0.1) is 26.4 Å². The Morgan fingerprint density at radius 1 is 0.307 bits per heavy atom. The molecule has 3 N–H and O–H groups in total. The zero-order valence-electron chi connectivity index (χ0n) is 56.9. The molecule has 0 amide bonds. The molecular weight excluding hydrogens is 1160 g/mol. The molecule has 0 rings (SSSR count). The molecular formula is C69H134O17P2. The molecule has 0 aromatic heterocycles. The third-order valence-corrected chi connectivity index (χ3v) is 17.9. The van der Waals surface area contributed by atoms with Crippen molar-refractivity contribution in [3.05, 3.63) is 0 Å². The van der Waals surface area contributed by atoms with Crippen molar-refractivity contribution in [2.45, 2.75) is 374 Å². The topological polar surface area (TPSA) is 237 Å². The Labute approximate surface area is 537 Å². The Morgan fingerprint density at radius 3 is 0.773 bits per heavy atom. The molecule has 0 heterocycles. The maximum Gasteiger partial charge on any atom is 0.472 e. The van der Waals surface area contributed by atoms with Crippen molar-refractivity contribution in [3.63, 3.8) is 0 Å². The van der Waals surface area contributed by atoms with Gasteiger partial charge < -0.3 is 33.8 Å². The number of carbonyl (C=O) groups is 4. The van der Waals surface area contributed by atoms with E-state index in [1.165, 1.54) is 180 Å². The summed E-state index contributed by atoms with van der Waals surface area (Å²) in [5.74, 6) is -1.46. The van der Waals surface area contributed by atoms with E-state index in [-0.39, 0.29) is 25.7 Å². The van der Waals surface area contributed by atoms with Gasteiger partial charge in [0.2, 0.25) is 0 Å². The highest BCUT2D eigenvalue weighted by Gasteiger charge is 2.30. The standard InChI is InChI=1S/C69H134O17P2/c1-6-9-12-15-18-21-23-25-27-29-31-34-37-43-48-53-67(72)80-58-64(85-68(73)54-49-44-38-35-32-30-28-26-24-22-19-16-13-10-7-2)60-83-87(75,76)81-56-63(70)57-82-88(77,78)84-61-65(86-69(74)55-50-45-40-39-41-46-51-62(4)5)59-79-66(71)52-47-42-36-33-20-17-14-11-8-3/h62-65,70H,6-61H2,1-5H3,(H,75,76)(H,77,78)/t63-,64-,65-/m1/s1. The van der Waals surface area contributed by atoms with Gasteiger partial charge in [-0.3, -0.25) is 37.3 Å². The summed E-state index contributed by atoms with van der Waals surface area (Å²) < 4.78 is 68.2. The summed E-state index contributed by atoms with van der Waals surface area (Å²) >= 11 is 0. The van der Waals surface area contributed by atoms with E-state index in [0.29, 0.717) is 31.6 Å². The Hall–Kier alpha value is -1.94. The van der Waals surface area contributed by atoms with Gasteiger partial charge >= 0.3 is 39.5 Å². The van der Waals surface area contributed by atoms with Gasteiger partial charge in [-0.2, -0.15) is 0 Å². The molecule has 0 radical (unpaired) electrons. The zero-order valence-corrected chi connectivity index (χ0v) is 58.6. The first-order valence-electron chi connectivity index (χ1n) is 36.1. The minimum atomic E-state index is -4.95. The number of unbranched alkanes of at least 4 members (excludes halogenated alkanes) is 41. The molecule has 0 aliphatic rings. The van der Waals surface area contributed by atoms with Gasteiger partial charge in [-0.15, -0.1) is 0 Å². The smallest absolute Gasteiger partial charge is 0.462 e. The van der Waals surface area contributed by atoms with E-state index in [0.717, 1.165) is 89.9 Å². The number of rotatable bonds is 69. The van der Waals surface area contributed by atoms with Crippen LogP contribution in [0.25, 0.3) is 0 Å². The SMILES string of the molecule is CCCCCCCCCCCCCCCCCC(=O)OC[C@H](COP(=O)(O)OC[C@@H](O)COP(=O)(O)OC[C@@H](COC(=O)CCCCCCCCCCC)OC(=O)CCCCCCCCC(C)C)OC(=O)CCCCCCCCCCCCCCCCC. The zero-order chi connectivity index (χ0) is 64.9. The van der Waals surface area contributed by atoms with Gasteiger partial charge in [-0.25, -0.2) is 9.13 Å². The number of ether oxygens (including phenoxy) is 4. The normalized spacial score (nSPS) is 14.1. The average molecular weight is 1300 g/mol. The second kappa shape index (κ2) is 62.5. The lowest BCUT2D eigenvalue weighted by Crippen LogP contribution is -2.30. The summed E-state index contributed by atoms with van der Waals surface area (Å²) in [7, 11) is -9.89. The van der Waals surface area contributed by atoms with E-state index in [1.54, 1.807) is 0 Å². The predicted octanol–water partition coefficient (Wildman–Crippen LogP) is 19.7. The average Bonchev–Trinajstić information content (AvgIpc) is 3.60. The van der Waals surface area contributed by atoms with E-state index in [2.05, 4.69) is 34.6 Å². The molecule has 88 heavy (non-hydrogen) atoms. The highest BCUT2D eigenvalue weighted by molar-refractivity contribution is 7.47. The van der Waals surface area contributed by atoms with Gasteiger partial charge in [0.25, 0.3) is 0 Å².